The Hall–Kier alpha value is -4.10. The maximum atomic E-state index is 14.6. The number of carbonyl (C=O) groups excluding carboxylic acids is 1. The monoisotopic (exact) mass is 565 g/mol. The van der Waals surface area contributed by atoms with Crippen molar-refractivity contribution in [3.63, 3.8) is 0 Å². The predicted octanol–water partition coefficient (Wildman–Crippen LogP) is 8.14. The molecule has 5 aromatic rings. The van der Waals surface area contributed by atoms with Crippen molar-refractivity contribution in [1.29, 1.82) is 0 Å². The molecule has 1 fully saturated rings. The third kappa shape index (κ3) is 5.86. The predicted molar refractivity (Wildman–Crippen MR) is 161 cm³/mol. The SMILES string of the molecule is CCOC(=O)c1csc(-n2nc(-c3cccc(-c4ccc(C)cc4)c3)c(Cc3ccc(C)c(F)c3)c2CC2CC2)n1. The molecule has 0 aliphatic heterocycles. The number of aryl methyl sites for hydroxylation is 2. The topological polar surface area (TPSA) is 57.0 Å². The van der Waals surface area contributed by atoms with E-state index in [2.05, 4.69) is 60.4 Å². The molecular formula is C34H32FN3O2S. The fourth-order valence-electron chi connectivity index (χ4n) is 5.07. The van der Waals surface area contributed by atoms with Gasteiger partial charge in [0.05, 0.1) is 18.0 Å². The molecule has 1 aliphatic rings. The van der Waals surface area contributed by atoms with Crippen molar-refractivity contribution in [2.45, 2.75) is 46.5 Å². The summed E-state index contributed by atoms with van der Waals surface area (Å²) in [4.78, 5) is 17.0. The van der Waals surface area contributed by atoms with Crippen LogP contribution in [-0.2, 0) is 17.6 Å². The van der Waals surface area contributed by atoms with E-state index in [0.29, 0.717) is 29.6 Å². The molecule has 5 nitrogen and oxygen atoms in total. The van der Waals surface area contributed by atoms with Gasteiger partial charge in [-0.05, 0) is 80.3 Å². The highest BCUT2D eigenvalue weighted by molar-refractivity contribution is 7.12. The van der Waals surface area contributed by atoms with E-state index in [1.807, 2.05) is 16.8 Å². The average Bonchev–Trinajstić information content (AvgIpc) is 3.54. The van der Waals surface area contributed by atoms with E-state index in [0.717, 1.165) is 45.6 Å². The lowest BCUT2D eigenvalue weighted by Gasteiger charge is -2.10. The summed E-state index contributed by atoms with van der Waals surface area (Å²) in [6.07, 6.45) is 3.74. The van der Waals surface area contributed by atoms with E-state index in [9.17, 15) is 9.18 Å². The Morgan fingerprint density at radius 2 is 1.80 bits per heavy atom. The molecule has 0 spiro atoms. The molecule has 6 rings (SSSR count). The van der Waals surface area contributed by atoms with Gasteiger partial charge in [-0.15, -0.1) is 11.3 Å². The molecule has 0 atom stereocenters. The average molecular weight is 566 g/mol. The number of aromatic nitrogens is 3. The van der Waals surface area contributed by atoms with Crippen LogP contribution in [0.4, 0.5) is 4.39 Å². The Labute approximate surface area is 243 Å². The molecule has 2 heterocycles. The van der Waals surface area contributed by atoms with Gasteiger partial charge in [0, 0.05) is 22.9 Å². The lowest BCUT2D eigenvalue weighted by Crippen LogP contribution is -2.08. The van der Waals surface area contributed by atoms with E-state index in [1.165, 1.54) is 29.7 Å². The first kappa shape index (κ1) is 27.1. The number of nitrogens with zero attached hydrogens (tertiary/aromatic N) is 3. The first-order valence-corrected chi connectivity index (χ1v) is 14.9. The summed E-state index contributed by atoms with van der Waals surface area (Å²) in [6, 6.07) is 22.4. The first-order valence-electron chi connectivity index (χ1n) is 14.1. The summed E-state index contributed by atoms with van der Waals surface area (Å²) >= 11 is 1.38. The molecule has 7 heteroatoms. The number of thiazole rings is 1. The summed E-state index contributed by atoms with van der Waals surface area (Å²) in [5.41, 5.74) is 9.23. The second-order valence-electron chi connectivity index (χ2n) is 10.8. The number of benzene rings is 3. The fraction of sp³-hybridized carbons (Fsp3) is 0.265. The van der Waals surface area contributed by atoms with Gasteiger partial charge in [0.25, 0.3) is 0 Å². The minimum Gasteiger partial charge on any atom is -0.461 e. The van der Waals surface area contributed by atoms with E-state index in [-0.39, 0.29) is 11.5 Å². The van der Waals surface area contributed by atoms with Gasteiger partial charge < -0.3 is 4.74 Å². The van der Waals surface area contributed by atoms with Crippen LogP contribution < -0.4 is 0 Å². The highest BCUT2D eigenvalue weighted by atomic mass is 32.1. The zero-order valence-corrected chi connectivity index (χ0v) is 24.3. The number of rotatable bonds is 9. The second kappa shape index (κ2) is 11.4. The number of halogens is 1. The van der Waals surface area contributed by atoms with Crippen molar-refractivity contribution in [3.8, 4) is 27.5 Å². The van der Waals surface area contributed by atoms with Crippen LogP contribution in [0.25, 0.3) is 27.5 Å². The summed E-state index contributed by atoms with van der Waals surface area (Å²) in [5.74, 6) is -0.0667. The molecule has 0 N–H and O–H groups in total. The van der Waals surface area contributed by atoms with Gasteiger partial charge in [-0.3, -0.25) is 0 Å². The van der Waals surface area contributed by atoms with Crippen molar-refractivity contribution < 1.29 is 13.9 Å². The second-order valence-corrected chi connectivity index (χ2v) is 11.6. The van der Waals surface area contributed by atoms with Crippen molar-refractivity contribution in [1.82, 2.24) is 14.8 Å². The third-order valence-corrected chi connectivity index (χ3v) is 8.38. The molecule has 0 amide bonds. The third-order valence-electron chi connectivity index (χ3n) is 7.56. The lowest BCUT2D eigenvalue weighted by molar-refractivity contribution is 0.0520. The summed E-state index contributed by atoms with van der Waals surface area (Å²) in [5, 5.41) is 7.50. The smallest absolute Gasteiger partial charge is 0.357 e. The largest absolute Gasteiger partial charge is 0.461 e. The standard InChI is InChI=1S/C34H32FN3O2S/c1-4-40-33(39)30-20-41-34(36-30)38-31(18-23-12-13-23)28(16-24-11-10-22(3)29(35)17-24)32(37-38)27-7-5-6-26(19-27)25-14-8-21(2)9-15-25/h5-11,14-15,17,19-20,23H,4,12-13,16,18H2,1-3H3. The van der Waals surface area contributed by atoms with Crippen molar-refractivity contribution in [3.05, 3.63) is 112 Å². The molecule has 1 saturated carbocycles. The van der Waals surface area contributed by atoms with Crippen molar-refractivity contribution >= 4 is 17.3 Å². The number of hydrogen-bond acceptors (Lipinski definition) is 5. The molecule has 1 aliphatic carbocycles. The van der Waals surface area contributed by atoms with Crippen LogP contribution in [0.2, 0.25) is 0 Å². The maximum absolute atomic E-state index is 14.6. The highest BCUT2D eigenvalue weighted by Crippen LogP contribution is 2.39. The number of carbonyl (C=O) groups is 1. The minimum absolute atomic E-state index is 0.208. The quantitative estimate of drug-likeness (QED) is 0.169. The normalized spacial score (nSPS) is 13.0. The fourth-order valence-corrected chi connectivity index (χ4v) is 5.84. The minimum atomic E-state index is -0.438. The Balaban J connectivity index is 1.50. The van der Waals surface area contributed by atoms with Gasteiger partial charge in [0.1, 0.15) is 5.82 Å². The Kier molecular flexibility index (Phi) is 7.54. The van der Waals surface area contributed by atoms with Gasteiger partial charge in [-0.2, -0.15) is 5.10 Å². The molecule has 0 saturated heterocycles. The number of hydrogen-bond donors (Lipinski definition) is 0. The molecule has 41 heavy (non-hydrogen) atoms. The molecule has 0 unspecified atom stereocenters. The lowest BCUT2D eigenvalue weighted by atomic mass is 9.94. The molecule has 208 valence electrons. The van der Waals surface area contributed by atoms with Crippen LogP contribution in [0.3, 0.4) is 0 Å². The Bertz CT molecular complexity index is 1720. The van der Waals surface area contributed by atoms with Crippen LogP contribution in [0.1, 0.15) is 58.2 Å². The van der Waals surface area contributed by atoms with Gasteiger partial charge in [0.2, 0.25) is 5.13 Å². The van der Waals surface area contributed by atoms with Crippen LogP contribution in [-0.4, -0.2) is 27.3 Å². The van der Waals surface area contributed by atoms with Gasteiger partial charge in [-0.1, -0.05) is 60.2 Å². The summed E-state index contributed by atoms with van der Waals surface area (Å²) < 4.78 is 21.7. The number of ether oxygens (including phenoxy) is 1. The van der Waals surface area contributed by atoms with Gasteiger partial charge in [-0.25, -0.2) is 18.9 Å². The maximum Gasteiger partial charge on any atom is 0.357 e. The molecule has 3 aromatic carbocycles. The highest BCUT2D eigenvalue weighted by Gasteiger charge is 2.29. The zero-order valence-electron chi connectivity index (χ0n) is 23.5. The van der Waals surface area contributed by atoms with E-state index < -0.39 is 5.97 Å². The van der Waals surface area contributed by atoms with E-state index in [1.54, 1.807) is 25.3 Å². The number of esters is 1. The van der Waals surface area contributed by atoms with Crippen LogP contribution in [0.5, 0.6) is 0 Å². The van der Waals surface area contributed by atoms with Gasteiger partial charge >= 0.3 is 5.97 Å². The molecular weight excluding hydrogens is 533 g/mol. The summed E-state index contributed by atoms with van der Waals surface area (Å²) in [7, 11) is 0. The van der Waals surface area contributed by atoms with Crippen LogP contribution in [0.15, 0.2) is 72.1 Å². The Morgan fingerprint density at radius 3 is 2.54 bits per heavy atom. The van der Waals surface area contributed by atoms with Gasteiger partial charge in [0.15, 0.2) is 5.69 Å². The Morgan fingerprint density at radius 1 is 1.02 bits per heavy atom. The van der Waals surface area contributed by atoms with Crippen LogP contribution in [0, 0.1) is 25.6 Å². The van der Waals surface area contributed by atoms with Crippen LogP contribution >= 0.6 is 11.3 Å². The molecule has 0 radical (unpaired) electrons. The molecule has 0 bridgehead atoms. The van der Waals surface area contributed by atoms with E-state index >= 15 is 0 Å². The first-order chi connectivity index (χ1) is 19.9. The van der Waals surface area contributed by atoms with Crippen molar-refractivity contribution in [2.24, 2.45) is 5.92 Å². The molecule has 2 aromatic heterocycles. The van der Waals surface area contributed by atoms with E-state index in [4.69, 9.17) is 9.84 Å². The summed E-state index contributed by atoms with van der Waals surface area (Å²) in [6.45, 7) is 5.93. The van der Waals surface area contributed by atoms with Crippen molar-refractivity contribution in [2.75, 3.05) is 6.61 Å². The zero-order chi connectivity index (χ0) is 28.5.